The third kappa shape index (κ3) is 4.68. The predicted molar refractivity (Wildman–Crippen MR) is 133 cm³/mol. The highest BCUT2D eigenvalue weighted by Gasteiger charge is 2.40. The summed E-state index contributed by atoms with van der Waals surface area (Å²) in [5, 5.41) is 5.83. The molecule has 172 valence electrons. The monoisotopic (exact) mass is 455 g/mol. The Balaban J connectivity index is 1.73. The molecule has 0 saturated heterocycles. The van der Waals surface area contributed by atoms with Gasteiger partial charge in [-0.1, -0.05) is 35.9 Å². The summed E-state index contributed by atoms with van der Waals surface area (Å²) in [6, 6.07) is 21.3. The molecule has 2 N–H and O–H groups in total. The van der Waals surface area contributed by atoms with Crippen molar-refractivity contribution in [2.24, 2.45) is 0 Å². The van der Waals surface area contributed by atoms with E-state index < -0.39 is 11.8 Å². The first-order valence-electron chi connectivity index (χ1n) is 10.9. The zero-order chi connectivity index (χ0) is 24.2. The Labute approximate surface area is 198 Å². The van der Waals surface area contributed by atoms with E-state index in [0.717, 1.165) is 10.5 Å². The maximum atomic E-state index is 13.6. The van der Waals surface area contributed by atoms with Crippen molar-refractivity contribution in [1.29, 1.82) is 0 Å². The lowest BCUT2D eigenvalue weighted by molar-refractivity contribution is -0.120. The van der Waals surface area contributed by atoms with Gasteiger partial charge in [-0.2, -0.15) is 0 Å². The van der Waals surface area contributed by atoms with E-state index >= 15 is 0 Å². The van der Waals surface area contributed by atoms with Crippen molar-refractivity contribution in [3.05, 3.63) is 89.6 Å². The fourth-order valence-corrected chi connectivity index (χ4v) is 3.73. The van der Waals surface area contributed by atoms with Crippen molar-refractivity contribution in [2.75, 3.05) is 22.1 Å². The maximum absolute atomic E-state index is 13.6. The number of carbonyl (C=O) groups is 3. The van der Waals surface area contributed by atoms with Crippen LogP contribution in [-0.2, 0) is 14.4 Å². The van der Waals surface area contributed by atoms with Crippen LogP contribution >= 0.6 is 0 Å². The van der Waals surface area contributed by atoms with Gasteiger partial charge in [0.2, 0.25) is 5.91 Å². The van der Waals surface area contributed by atoms with Crippen LogP contribution in [0.3, 0.4) is 0 Å². The van der Waals surface area contributed by atoms with Crippen molar-refractivity contribution < 1.29 is 19.1 Å². The van der Waals surface area contributed by atoms with E-state index in [1.807, 2.05) is 38.1 Å². The summed E-state index contributed by atoms with van der Waals surface area (Å²) in [6.07, 6.45) is 0. The molecule has 7 nitrogen and oxygen atoms in total. The molecule has 0 aliphatic carbocycles. The second kappa shape index (κ2) is 9.62. The lowest BCUT2D eigenvalue weighted by Crippen LogP contribution is -2.32. The highest BCUT2D eigenvalue weighted by Crippen LogP contribution is 2.35. The Morgan fingerprint density at radius 3 is 2.24 bits per heavy atom. The summed E-state index contributed by atoms with van der Waals surface area (Å²) in [5.41, 5.74) is 3.84. The average molecular weight is 456 g/mol. The number of amides is 3. The molecular formula is C27H25N3O4. The van der Waals surface area contributed by atoms with Crippen LogP contribution in [0.15, 0.2) is 78.5 Å². The molecule has 3 aromatic carbocycles. The van der Waals surface area contributed by atoms with E-state index in [4.69, 9.17) is 4.74 Å². The lowest BCUT2D eigenvalue weighted by atomic mass is 10.0. The number of imide groups is 1. The molecule has 1 aliphatic rings. The van der Waals surface area contributed by atoms with Crippen LogP contribution in [0.1, 0.15) is 25.0 Å². The summed E-state index contributed by atoms with van der Waals surface area (Å²) < 4.78 is 5.55. The minimum atomic E-state index is -0.458. The molecule has 0 radical (unpaired) electrons. The molecule has 1 heterocycles. The van der Waals surface area contributed by atoms with E-state index in [2.05, 4.69) is 10.6 Å². The van der Waals surface area contributed by atoms with Crippen LogP contribution in [-0.4, -0.2) is 24.3 Å². The summed E-state index contributed by atoms with van der Waals surface area (Å²) in [5.74, 6) is -0.473. The van der Waals surface area contributed by atoms with Crippen molar-refractivity contribution in [2.45, 2.75) is 20.8 Å². The van der Waals surface area contributed by atoms with Crippen LogP contribution in [0.5, 0.6) is 5.75 Å². The minimum Gasteiger partial charge on any atom is -0.494 e. The van der Waals surface area contributed by atoms with Gasteiger partial charge in [-0.25, -0.2) is 4.90 Å². The molecular weight excluding hydrogens is 430 g/mol. The van der Waals surface area contributed by atoms with E-state index in [-0.39, 0.29) is 17.2 Å². The van der Waals surface area contributed by atoms with Crippen LogP contribution in [0.2, 0.25) is 0 Å². The van der Waals surface area contributed by atoms with Gasteiger partial charge in [0.1, 0.15) is 11.4 Å². The molecule has 34 heavy (non-hydrogen) atoms. The second-order valence-corrected chi connectivity index (χ2v) is 7.88. The molecule has 0 aromatic heterocycles. The number of carbonyl (C=O) groups excluding carboxylic acids is 3. The van der Waals surface area contributed by atoms with Gasteiger partial charge in [0, 0.05) is 24.4 Å². The van der Waals surface area contributed by atoms with E-state index in [0.29, 0.717) is 35.0 Å². The van der Waals surface area contributed by atoms with Gasteiger partial charge in [-0.3, -0.25) is 14.4 Å². The van der Waals surface area contributed by atoms with Gasteiger partial charge in [0.25, 0.3) is 11.8 Å². The Bertz CT molecular complexity index is 1280. The molecule has 1 aliphatic heterocycles. The standard InChI is InChI=1S/C27H25N3O4/c1-4-34-23-7-5-6-22(16-23)30-26(32)24(19-10-8-17(2)9-11-19)25(27(30)33)29-21-14-12-20(13-15-21)28-18(3)31/h5-16,29H,4H2,1-3H3,(H,28,31). The molecule has 0 fully saturated rings. The second-order valence-electron chi connectivity index (χ2n) is 7.88. The first-order chi connectivity index (χ1) is 16.4. The third-order valence-electron chi connectivity index (χ3n) is 5.29. The van der Waals surface area contributed by atoms with Crippen LogP contribution in [0.25, 0.3) is 5.57 Å². The molecule has 4 rings (SSSR count). The molecule has 3 amide bonds. The molecule has 0 atom stereocenters. The molecule has 0 spiro atoms. The third-order valence-corrected chi connectivity index (χ3v) is 5.29. The highest BCUT2D eigenvalue weighted by atomic mass is 16.5. The first kappa shape index (κ1) is 22.8. The van der Waals surface area contributed by atoms with Gasteiger partial charge < -0.3 is 15.4 Å². The Kier molecular flexibility index (Phi) is 6.45. The minimum absolute atomic E-state index is 0.174. The Hall–Kier alpha value is -4.39. The summed E-state index contributed by atoms with van der Waals surface area (Å²) in [6.45, 7) is 5.73. The number of nitrogens with one attached hydrogen (secondary N) is 2. The normalized spacial score (nSPS) is 13.3. The maximum Gasteiger partial charge on any atom is 0.282 e. The number of anilines is 3. The number of ether oxygens (including phenoxy) is 1. The molecule has 7 heteroatoms. The van der Waals surface area contributed by atoms with Gasteiger partial charge in [-0.05, 0) is 55.8 Å². The number of rotatable bonds is 7. The van der Waals surface area contributed by atoms with Gasteiger partial charge in [0.15, 0.2) is 0 Å². The number of benzene rings is 3. The topological polar surface area (TPSA) is 87.7 Å². The zero-order valence-corrected chi connectivity index (χ0v) is 19.2. The van der Waals surface area contributed by atoms with Crippen molar-refractivity contribution in [3.63, 3.8) is 0 Å². The van der Waals surface area contributed by atoms with E-state index in [1.165, 1.54) is 6.92 Å². The fourth-order valence-electron chi connectivity index (χ4n) is 3.73. The van der Waals surface area contributed by atoms with E-state index in [9.17, 15) is 14.4 Å². The zero-order valence-electron chi connectivity index (χ0n) is 19.2. The number of hydrogen-bond donors (Lipinski definition) is 2. The SMILES string of the molecule is CCOc1cccc(N2C(=O)C(Nc3ccc(NC(C)=O)cc3)=C(c3ccc(C)cc3)C2=O)c1. The van der Waals surface area contributed by atoms with Crippen LogP contribution in [0, 0.1) is 6.92 Å². The average Bonchev–Trinajstić information content (AvgIpc) is 3.05. The smallest absolute Gasteiger partial charge is 0.282 e. The first-order valence-corrected chi connectivity index (χ1v) is 10.9. The number of nitrogens with zero attached hydrogens (tertiary/aromatic N) is 1. The summed E-state index contributed by atoms with van der Waals surface area (Å²) in [4.78, 5) is 39.5. The highest BCUT2D eigenvalue weighted by molar-refractivity contribution is 6.46. The van der Waals surface area contributed by atoms with Crippen molar-refractivity contribution in [1.82, 2.24) is 0 Å². The van der Waals surface area contributed by atoms with Crippen LogP contribution in [0.4, 0.5) is 17.1 Å². The van der Waals surface area contributed by atoms with Gasteiger partial charge in [0.05, 0.1) is 17.9 Å². The van der Waals surface area contributed by atoms with Crippen molar-refractivity contribution in [3.8, 4) is 5.75 Å². The largest absolute Gasteiger partial charge is 0.494 e. The number of aryl methyl sites for hydroxylation is 1. The Morgan fingerprint density at radius 2 is 1.59 bits per heavy atom. The van der Waals surface area contributed by atoms with E-state index in [1.54, 1.807) is 48.5 Å². The molecule has 0 unspecified atom stereocenters. The van der Waals surface area contributed by atoms with Crippen LogP contribution < -0.4 is 20.3 Å². The van der Waals surface area contributed by atoms with Gasteiger partial charge >= 0.3 is 0 Å². The molecule has 0 saturated carbocycles. The number of hydrogen-bond acceptors (Lipinski definition) is 5. The van der Waals surface area contributed by atoms with Crippen molar-refractivity contribution >= 4 is 40.4 Å². The van der Waals surface area contributed by atoms with Gasteiger partial charge in [-0.15, -0.1) is 0 Å². The lowest BCUT2D eigenvalue weighted by Gasteiger charge is -2.16. The predicted octanol–water partition coefficient (Wildman–Crippen LogP) is 4.75. The fraction of sp³-hybridized carbons (Fsp3) is 0.148. The Morgan fingerprint density at radius 1 is 0.912 bits per heavy atom. The summed E-state index contributed by atoms with van der Waals surface area (Å²) >= 11 is 0. The summed E-state index contributed by atoms with van der Waals surface area (Å²) in [7, 11) is 0. The molecule has 0 bridgehead atoms. The molecule has 3 aromatic rings. The quantitative estimate of drug-likeness (QED) is 0.502.